The normalized spacial score (nSPS) is 13.6. The Labute approximate surface area is 292 Å². The molecule has 0 spiro atoms. The van der Waals surface area contributed by atoms with Crippen molar-refractivity contribution in [1.82, 2.24) is 20.5 Å². The Hall–Kier alpha value is -4.20. The summed E-state index contributed by atoms with van der Waals surface area (Å²) in [5, 5.41) is 30.5. The molecule has 6 N–H and O–H groups in total. The summed E-state index contributed by atoms with van der Waals surface area (Å²) in [5.41, 5.74) is 4.15. The Morgan fingerprint density at radius 2 is 1.57 bits per heavy atom. The van der Waals surface area contributed by atoms with Crippen LogP contribution >= 0.6 is 11.3 Å². The number of fused-ring (bicyclic) bond motifs is 1. The van der Waals surface area contributed by atoms with Gasteiger partial charge in [0.2, 0.25) is 5.91 Å². The van der Waals surface area contributed by atoms with Gasteiger partial charge in [-0.1, -0.05) is 47.2 Å². The predicted molar refractivity (Wildman–Crippen MR) is 176 cm³/mol. The molecule has 0 saturated carbocycles. The molecule has 1 fully saturated rings. The number of hydrogen-bond donors (Lipinski definition) is 6. The molecular weight excluding hydrogens is 714 g/mol. The van der Waals surface area contributed by atoms with E-state index in [-0.39, 0.29) is 16.5 Å². The lowest BCUT2D eigenvalue weighted by molar-refractivity contribution is -0.193. The number of rotatable bonds is 13. The van der Waals surface area contributed by atoms with Crippen LogP contribution in [0.2, 0.25) is 0 Å². The van der Waals surface area contributed by atoms with E-state index < -0.39 is 24.3 Å². The van der Waals surface area contributed by atoms with Crippen molar-refractivity contribution in [2.24, 2.45) is 0 Å². The summed E-state index contributed by atoms with van der Waals surface area (Å²) in [6.45, 7) is 7.38. The van der Waals surface area contributed by atoms with E-state index in [9.17, 15) is 41.0 Å². The number of carboxylic acids is 2. The van der Waals surface area contributed by atoms with Crippen molar-refractivity contribution < 1.29 is 60.8 Å². The van der Waals surface area contributed by atoms with Gasteiger partial charge in [0.15, 0.2) is 0 Å². The third kappa shape index (κ3) is 16.1. The highest BCUT2D eigenvalue weighted by molar-refractivity contribution is 7.16. The Morgan fingerprint density at radius 1 is 0.941 bits per heavy atom. The smallest absolute Gasteiger partial charge is 0.490 e. The summed E-state index contributed by atoms with van der Waals surface area (Å²) in [6, 6.07) is 12.6. The molecule has 4 rings (SSSR count). The molecule has 1 aromatic heterocycles. The molecule has 19 heteroatoms. The number of thiazole rings is 1. The highest BCUT2D eigenvalue weighted by Gasteiger charge is 2.38. The quantitative estimate of drug-likeness (QED) is 0.109. The zero-order valence-electron chi connectivity index (χ0n) is 27.5. The third-order valence-electron chi connectivity index (χ3n) is 7.42. The third-order valence-corrected chi connectivity index (χ3v) is 8.38. The molecule has 1 amide bonds. The van der Waals surface area contributed by atoms with Crippen LogP contribution in [0.3, 0.4) is 0 Å². The maximum absolute atomic E-state index is 12.5. The van der Waals surface area contributed by atoms with Gasteiger partial charge in [0.1, 0.15) is 11.3 Å². The molecule has 51 heavy (non-hydrogen) atoms. The number of alkyl halides is 6. The van der Waals surface area contributed by atoms with Gasteiger partial charge < -0.3 is 35.7 Å². The number of aromatic amines is 1. The van der Waals surface area contributed by atoms with Gasteiger partial charge in [-0.2, -0.15) is 26.3 Å². The number of hydrogen-bond acceptors (Lipinski definition) is 9. The van der Waals surface area contributed by atoms with Gasteiger partial charge in [0, 0.05) is 51.9 Å². The number of ether oxygens (including phenoxy) is 1. The SMILES string of the molecule is Cc1cccc(CCN(CCC(=O)NCCNCCc2ccc(O)c3[nH]c(=O)sc23)C2CCOCC2)c1.O=C(O)C(F)(F)F.O=C(O)C(F)(F)F. The minimum absolute atomic E-state index is 0.0757. The van der Waals surface area contributed by atoms with Crippen molar-refractivity contribution in [3.8, 4) is 5.75 Å². The van der Waals surface area contributed by atoms with Crippen LogP contribution in [0.15, 0.2) is 41.2 Å². The number of phenolic OH excluding ortho intramolecular Hbond substituents is 1. The fraction of sp³-hybridized carbons (Fsp3) is 0.500. The molecular formula is C32H40F6N4O8S. The van der Waals surface area contributed by atoms with Gasteiger partial charge >= 0.3 is 29.2 Å². The Bertz CT molecular complexity index is 1600. The lowest BCUT2D eigenvalue weighted by Gasteiger charge is -2.34. The molecule has 2 aromatic carbocycles. The summed E-state index contributed by atoms with van der Waals surface area (Å²) in [7, 11) is 0. The van der Waals surface area contributed by atoms with E-state index in [4.69, 9.17) is 24.5 Å². The maximum Gasteiger partial charge on any atom is 0.490 e. The summed E-state index contributed by atoms with van der Waals surface area (Å²) >= 11 is 1.12. The molecule has 1 aliphatic rings. The van der Waals surface area contributed by atoms with E-state index >= 15 is 0 Å². The van der Waals surface area contributed by atoms with Gasteiger partial charge in [-0.05, 0) is 56.3 Å². The molecule has 1 saturated heterocycles. The fourth-order valence-electron chi connectivity index (χ4n) is 4.91. The number of carbonyl (C=O) groups is 3. The summed E-state index contributed by atoms with van der Waals surface area (Å²) in [5.74, 6) is -5.34. The first-order chi connectivity index (χ1) is 23.9. The van der Waals surface area contributed by atoms with E-state index in [1.165, 1.54) is 11.1 Å². The lowest BCUT2D eigenvalue weighted by atomic mass is 10.0. The number of aromatic hydroxyl groups is 1. The topological polar surface area (TPSA) is 181 Å². The average Bonchev–Trinajstić information content (AvgIpc) is 3.46. The number of aromatic nitrogens is 1. The Morgan fingerprint density at radius 3 is 2.16 bits per heavy atom. The number of phenols is 1. The first-order valence-electron chi connectivity index (χ1n) is 15.7. The first-order valence-corrected chi connectivity index (χ1v) is 16.5. The zero-order chi connectivity index (χ0) is 38.2. The van der Waals surface area contributed by atoms with Crippen LogP contribution in [-0.4, -0.2) is 107 Å². The number of nitrogens with zero attached hydrogens (tertiary/aromatic N) is 1. The van der Waals surface area contributed by atoms with Gasteiger partial charge in [-0.25, -0.2) is 9.59 Å². The summed E-state index contributed by atoms with van der Waals surface area (Å²) in [4.78, 5) is 47.0. The highest BCUT2D eigenvalue weighted by atomic mass is 32.1. The second-order valence-electron chi connectivity index (χ2n) is 11.3. The number of amides is 1. The number of carboxylic acid groups (broad SMARTS) is 2. The van der Waals surface area contributed by atoms with Crippen molar-refractivity contribution in [1.29, 1.82) is 0 Å². The molecule has 0 aliphatic carbocycles. The number of nitrogens with one attached hydrogen (secondary N) is 3. The maximum atomic E-state index is 12.5. The average molecular weight is 755 g/mol. The standard InChI is InChI=1S/C28H38N4O4S.2C2HF3O2/c1-20-3-2-4-21(19-20)8-15-32(23-10-17-36-18-11-23)16-9-25(34)30-14-13-29-12-7-22-5-6-24(33)26-27(22)37-28(35)31-26;2*3-2(4,5)1(6)7/h2-6,19,23,29,33H,7-18H2,1H3,(H,30,34)(H,31,35);2*(H,6,7). The van der Waals surface area contributed by atoms with E-state index in [2.05, 4.69) is 51.7 Å². The van der Waals surface area contributed by atoms with E-state index in [1.807, 2.05) is 6.07 Å². The number of benzene rings is 2. The van der Waals surface area contributed by atoms with Gasteiger partial charge in [-0.15, -0.1) is 0 Å². The minimum atomic E-state index is -5.08. The fourth-order valence-corrected chi connectivity index (χ4v) is 5.81. The van der Waals surface area contributed by atoms with Crippen molar-refractivity contribution in [2.75, 3.05) is 45.9 Å². The molecule has 3 aromatic rings. The second-order valence-corrected chi connectivity index (χ2v) is 12.3. The molecule has 12 nitrogen and oxygen atoms in total. The molecule has 0 bridgehead atoms. The Kier molecular flexibility index (Phi) is 17.4. The zero-order valence-corrected chi connectivity index (χ0v) is 28.3. The van der Waals surface area contributed by atoms with Gasteiger partial charge in [0.05, 0.1) is 4.70 Å². The van der Waals surface area contributed by atoms with Gasteiger partial charge in [-0.3, -0.25) is 14.5 Å². The van der Waals surface area contributed by atoms with Crippen molar-refractivity contribution in [3.63, 3.8) is 0 Å². The summed E-state index contributed by atoms with van der Waals surface area (Å²) in [6.07, 6.45) is -5.92. The van der Waals surface area contributed by atoms with Crippen molar-refractivity contribution in [3.05, 3.63) is 62.8 Å². The second kappa shape index (κ2) is 20.6. The summed E-state index contributed by atoms with van der Waals surface area (Å²) < 4.78 is 69.8. The van der Waals surface area contributed by atoms with Crippen LogP contribution in [0.25, 0.3) is 10.2 Å². The molecule has 1 aliphatic heterocycles. The number of aliphatic carboxylic acids is 2. The van der Waals surface area contributed by atoms with Crippen LogP contribution in [0.5, 0.6) is 5.75 Å². The minimum Gasteiger partial charge on any atom is -0.506 e. The molecule has 0 radical (unpaired) electrons. The van der Waals surface area contributed by atoms with Gasteiger partial charge in [0.25, 0.3) is 0 Å². The van der Waals surface area contributed by atoms with Crippen LogP contribution in [0.4, 0.5) is 26.3 Å². The number of carbonyl (C=O) groups excluding carboxylic acids is 1. The van der Waals surface area contributed by atoms with Crippen molar-refractivity contribution >= 4 is 39.4 Å². The van der Waals surface area contributed by atoms with E-state index in [1.54, 1.807) is 6.07 Å². The highest BCUT2D eigenvalue weighted by Crippen LogP contribution is 2.28. The van der Waals surface area contributed by atoms with Crippen molar-refractivity contribution in [2.45, 2.75) is 57.4 Å². The number of aryl methyl sites for hydroxylation is 1. The van der Waals surface area contributed by atoms with Crippen LogP contribution in [-0.2, 0) is 32.0 Å². The molecule has 2 heterocycles. The van der Waals surface area contributed by atoms with Crippen LogP contribution in [0, 0.1) is 6.92 Å². The van der Waals surface area contributed by atoms with Crippen LogP contribution in [0.1, 0.15) is 36.0 Å². The lowest BCUT2D eigenvalue weighted by Crippen LogP contribution is -2.43. The first kappa shape index (κ1) is 43.0. The molecule has 0 unspecified atom stereocenters. The van der Waals surface area contributed by atoms with E-state index in [0.29, 0.717) is 31.1 Å². The largest absolute Gasteiger partial charge is 0.506 e. The number of H-pyrrole nitrogens is 1. The number of halogens is 6. The molecule has 284 valence electrons. The Balaban J connectivity index is 0.000000543. The molecule has 0 atom stereocenters. The van der Waals surface area contributed by atoms with Crippen LogP contribution < -0.4 is 15.5 Å². The monoisotopic (exact) mass is 754 g/mol. The van der Waals surface area contributed by atoms with E-state index in [0.717, 1.165) is 80.1 Å². The predicted octanol–water partition coefficient (Wildman–Crippen LogP) is 4.23.